The summed E-state index contributed by atoms with van der Waals surface area (Å²) in [4.78, 5) is 38.3. The predicted octanol–water partition coefficient (Wildman–Crippen LogP) is 2.64. The molecule has 3 amide bonds. The standard InChI is InChI=1S/C23H33N3O5S/c1-6-10-31-18(21(28)26-30)16(13-14-7-8-17-15(12-14)9-11-32-17)20(27)25-19(22(29)24-5)23(2,3)4/h7-9,11-12,16,18-19,30H,6,10,13H2,1-5H3,(H,24,29)(H,25,27)(H,26,28)/t16-,18+,19-/m1/s1. The van der Waals surface area contributed by atoms with Crippen LogP contribution in [0.5, 0.6) is 0 Å². The number of hydrogen-bond acceptors (Lipinski definition) is 6. The third kappa shape index (κ3) is 6.51. The van der Waals surface area contributed by atoms with Gasteiger partial charge >= 0.3 is 0 Å². The van der Waals surface area contributed by atoms with Gasteiger partial charge in [0.15, 0.2) is 0 Å². The van der Waals surface area contributed by atoms with E-state index in [1.165, 1.54) is 7.05 Å². The monoisotopic (exact) mass is 463 g/mol. The number of likely N-dealkylation sites (N-methyl/N-ethyl adjacent to an activating group) is 1. The van der Waals surface area contributed by atoms with Gasteiger partial charge in [-0.3, -0.25) is 19.6 Å². The molecule has 4 N–H and O–H groups in total. The van der Waals surface area contributed by atoms with Gasteiger partial charge in [0.05, 0.1) is 5.92 Å². The Labute approximate surface area is 192 Å². The smallest absolute Gasteiger partial charge is 0.273 e. The first-order chi connectivity index (χ1) is 15.1. The van der Waals surface area contributed by atoms with E-state index >= 15 is 0 Å². The quantitative estimate of drug-likeness (QED) is 0.319. The first kappa shape index (κ1) is 25.8. The molecule has 9 heteroatoms. The summed E-state index contributed by atoms with van der Waals surface area (Å²) in [6, 6.07) is 7.03. The minimum absolute atomic E-state index is 0.198. The molecule has 0 aliphatic heterocycles. The fraction of sp³-hybridized carbons (Fsp3) is 0.522. The fourth-order valence-corrected chi connectivity index (χ4v) is 4.26. The molecule has 1 aromatic carbocycles. The lowest BCUT2D eigenvalue weighted by atomic mass is 9.84. The summed E-state index contributed by atoms with van der Waals surface area (Å²) in [5.74, 6) is -2.59. The van der Waals surface area contributed by atoms with Crippen LogP contribution in [0.4, 0.5) is 0 Å². The zero-order valence-electron chi connectivity index (χ0n) is 19.2. The summed E-state index contributed by atoms with van der Waals surface area (Å²) in [5.41, 5.74) is 1.90. The third-order valence-corrected chi connectivity index (χ3v) is 6.10. The van der Waals surface area contributed by atoms with Gasteiger partial charge in [-0.1, -0.05) is 39.8 Å². The Kier molecular flexibility index (Phi) is 9.18. The largest absolute Gasteiger partial charge is 0.367 e. The lowest BCUT2D eigenvalue weighted by molar-refractivity contribution is -0.151. The van der Waals surface area contributed by atoms with Gasteiger partial charge in [-0.05, 0) is 46.7 Å². The molecule has 2 aromatic rings. The van der Waals surface area contributed by atoms with Crippen molar-refractivity contribution in [2.75, 3.05) is 13.7 Å². The van der Waals surface area contributed by atoms with Crippen LogP contribution in [0, 0.1) is 11.3 Å². The Bertz CT molecular complexity index is 937. The van der Waals surface area contributed by atoms with Gasteiger partial charge in [0.2, 0.25) is 11.8 Å². The predicted molar refractivity (Wildman–Crippen MR) is 124 cm³/mol. The molecule has 0 fully saturated rings. The Morgan fingerprint density at radius 3 is 2.44 bits per heavy atom. The van der Waals surface area contributed by atoms with Crippen molar-refractivity contribution in [2.24, 2.45) is 11.3 Å². The number of benzene rings is 1. The molecule has 0 saturated heterocycles. The molecule has 3 atom stereocenters. The molecule has 0 aliphatic carbocycles. The molecule has 176 valence electrons. The van der Waals surface area contributed by atoms with Crippen molar-refractivity contribution >= 4 is 39.1 Å². The molecule has 0 radical (unpaired) electrons. The maximum atomic E-state index is 13.4. The number of rotatable bonds is 10. The van der Waals surface area contributed by atoms with Gasteiger partial charge in [-0.2, -0.15) is 0 Å². The van der Waals surface area contributed by atoms with Gasteiger partial charge in [0, 0.05) is 18.4 Å². The number of hydroxylamine groups is 1. The van der Waals surface area contributed by atoms with E-state index in [9.17, 15) is 19.6 Å². The van der Waals surface area contributed by atoms with E-state index in [4.69, 9.17) is 4.74 Å². The van der Waals surface area contributed by atoms with Crippen molar-refractivity contribution in [1.82, 2.24) is 16.1 Å². The van der Waals surface area contributed by atoms with Crippen LogP contribution < -0.4 is 16.1 Å². The molecule has 2 rings (SSSR count). The van der Waals surface area contributed by atoms with Crippen molar-refractivity contribution in [1.29, 1.82) is 0 Å². The van der Waals surface area contributed by atoms with Crippen LogP contribution in [0.1, 0.15) is 39.7 Å². The highest BCUT2D eigenvalue weighted by atomic mass is 32.1. The van der Waals surface area contributed by atoms with E-state index in [0.29, 0.717) is 6.42 Å². The number of amides is 3. The number of carbonyl (C=O) groups is 3. The highest BCUT2D eigenvalue weighted by molar-refractivity contribution is 7.17. The zero-order chi connectivity index (χ0) is 23.9. The van der Waals surface area contributed by atoms with Gasteiger partial charge in [0.1, 0.15) is 12.1 Å². The molecular weight excluding hydrogens is 430 g/mol. The number of hydrogen-bond donors (Lipinski definition) is 4. The molecular formula is C23H33N3O5S. The number of nitrogens with one attached hydrogen (secondary N) is 3. The number of fused-ring (bicyclic) bond motifs is 1. The van der Waals surface area contributed by atoms with Crippen LogP contribution >= 0.6 is 11.3 Å². The summed E-state index contributed by atoms with van der Waals surface area (Å²) in [7, 11) is 1.51. The maximum absolute atomic E-state index is 13.4. The SMILES string of the molecule is CCCO[C@H](C(=O)NO)[C@@H](Cc1ccc2sccc2c1)C(=O)N[C@H](C(=O)NC)C(C)(C)C. The second-order valence-corrected chi connectivity index (χ2v) is 9.74. The molecule has 0 saturated carbocycles. The minimum Gasteiger partial charge on any atom is -0.367 e. The van der Waals surface area contributed by atoms with Crippen molar-refractivity contribution < 1.29 is 24.3 Å². The van der Waals surface area contributed by atoms with Crippen LogP contribution in [-0.4, -0.2) is 48.7 Å². The van der Waals surface area contributed by atoms with Gasteiger partial charge in [-0.25, -0.2) is 5.48 Å². The molecule has 0 bridgehead atoms. The summed E-state index contributed by atoms with van der Waals surface area (Å²) in [6.07, 6.45) is -0.388. The Balaban J connectivity index is 2.41. The van der Waals surface area contributed by atoms with E-state index < -0.39 is 35.3 Å². The van der Waals surface area contributed by atoms with Crippen LogP contribution in [0.2, 0.25) is 0 Å². The molecule has 1 heterocycles. The van der Waals surface area contributed by atoms with Crippen LogP contribution in [-0.2, 0) is 25.5 Å². The average Bonchev–Trinajstić information content (AvgIpc) is 3.22. The van der Waals surface area contributed by atoms with Crippen LogP contribution in [0.25, 0.3) is 10.1 Å². The van der Waals surface area contributed by atoms with E-state index in [-0.39, 0.29) is 18.9 Å². The van der Waals surface area contributed by atoms with Gasteiger partial charge in [0.25, 0.3) is 5.91 Å². The van der Waals surface area contributed by atoms with Crippen molar-refractivity contribution in [3.05, 3.63) is 35.2 Å². The van der Waals surface area contributed by atoms with Crippen molar-refractivity contribution in [2.45, 2.75) is 52.7 Å². The second kappa shape index (κ2) is 11.4. The number of ether oxygens (including phenoxy) is 1. The van der Waals surface area contributed by atoms with Crippen LogP contribution in [0.3, 0.4) is 0 Å². The molecule has 8 nitrogen and oxygen atoms in total. The van der Waals surface area contributed by atoms with E-state index in [0.717, 1.165) is 15.6 Å². The number of carbonyl (C=O) groups excluding carboxylic acids is 3. The van der Waals surface area contributed by atoms with Crippen molar-refractivity contribution in [3.63, 3.8) is 0 Å². The second-order valence-electron chi connectivity index (χ2n) is 8.79. The van der Waals surface area contributed by atoms with Crippen molar-refractivity contribution in [3.8, 4) is 0 Å². The highest BCUT2D eigenvalue weighted by Gasteiger charge is 2.39. The van der Waals surface area contributed by atoms with Crippen LogP contribution in [0.15, 0.2) is 29.6 Å². The van der Waals surface area contributed by atoms with E-state index in [1.54, 1.807) is 16.8 Å². The first-order valence-corrected chi connectivity index (χ1v) is 11.5. The molecule has 0 spiro atoms. The lowest BCUT2D eigenvalue weighted by Gasteiger charge is -2.32. The van der Waals surface area contributed by atoms with E-state index in [1.807, 2.05) is 57.3 Å². The summed E-state index contributed by atoms with van der Waals surface area (Å²) >= 11 is 1.62. The molecule has 32 heavy (non-hydrogen) atoms. The third-order valence-electron chi connectivity index (χ3n) is 5.21. The molecule has 1 aromatic heterocycles. The molecule has 0 unspecified atom stereocenters. The highest BCUT2D eigenvalue weighted by Crippen LogP contribution is 2.26. The normalized spacial score (nSPS) is 14.4. The van der Waals surface area contributed by atoms with E-state index in [2.05, 4.69) is 10.6 Å². The Morgan fingerprint density at radius 2 is 1.84 bits per heavy atom. The topological polar surface area (TPSA) is 117 Å². The van der Waals surface area contributed by atoms with Gasteiger partial charge < -0.3 is 15.4 Å². The summed E-state index contributed by atoms with van der Waals surface area (Å²) in [6.45, 7) is 7.66. The summed E-state index contributed by atoms with van der Waals surface area (Å²) in [5, 5.41) is 17.7. The zero-order valence-corrected chi connectivity index (χ0v) is 20.0. The lowest BCUT2D eigenvalue weighted by Crippen LogP contribution is -2.56. The molecule has 0 aliphatic rings. The minimum atomic E-state index is -1.22. The van der Waals surface area contributed by atoms with Gasteiger partial charge in [-0.15, -0.1) is 11.3 Å². The maximum Gasteiger partial charge on any atom is 0.273 e. The fourth-order valence-electron chi connectivity index (χ4n) is 3.49. The first-order valence-electron chi connectivity index (χ1n) is 10.7. The summed E-state index contributed by atoms with van der Waals surface area (Å²) < 4.78 is 6.81. The average molecular weight is 464 g/mol. The number of thiophene rings is 1. The Morgan fingerprint density at radius 1 is 1.12 bits per heavy atom. The Hall–Kier alpha value is -2.49.